The first kappa shape index (κ1) is 16.7. The Morgan fingerprint density at radius 2 is 1.75 bits per heavy atom. The number of amides is 1. The van der Waals surface area contributed by atoms with Gasteiger partial charge in [-0.05, 0) is 43.7 Å². The zero-order valence-electron chi connectivity index (χ0n) is 14.1. The van der Waals surface area contributed by atoms with Crippen molar-refractivity contribution in [3.05, 3.63) is 23.9 Å². The van der Waals surface area contributed by atoms with Crippen molar-refractivity contribution >= 4 is 17.7 Å². The zero-order valence-corrected chi connectivity index (χ0v) is 14.1. The topological polar surface area (TPSA) is 73.7 Å². The molecule has 3 rings (SSSR count). The number of carboxylic acids is 1. The fraction of sp³-hybridized carbons (Fsp3) is 0.611. The van der Waals surface area contributed by atoms with Gasteiger partial charge in [0.25, 0.3) is 0 Å². The number of carboxylic acid groups (broad SMARTS) is 1. The smallest absolute Gasteiger partial charge is 0.354 e. The molecule has 2 aliphatic rings. The summed E-state index contributed by atoms with van der Waals surface area (Å²) in [7, 11) is 0. The van der Waals surface area contributed by atoms with Gasteiger partial charge in [-0.2, -0.15) is 0 Å². The Labute approximate surface area is 142 Å². The fourth-order valence-electron chi connectivity index (χ4n) is 3.56. The third kappa shape index (κ3) is 3.68. The van der Waals surface area contributed by atoms with E-state index in [9.17, 15) is 9.59 Å². The lowest BCUT2D eigenvalue weighted by Crippen LogP contribution is -2.45. The number of pyridine rings is 1. The van der Waals surface area contributed by atoms with Gasteiger partial charge in [-0.25, -0.2) is 9.78 Å². The first-order valence-electron chi connectivity index (χ1n) is 8.78. The van der Waals surface area contributed by atoms with E-state index in [-0.39, 0.29) is 11.6 Å². The van der Waals surface area contributed by atoms with Gasteiger partial charge in [0.05, 0.1) is 0 Å². The number of likely N-dealkylation sites (tertiary alicyclic amines) is 1. The second kappa shape index (κ2) is 7.20. The number of rotatable bonds is 3. The van der Waals surface area contributed by atoms with Gasteiger partial charge in [0.15, 0.2) is 5.69 Å². The molecule has 24 heavy (non-hydrogen) atoms. The Kier molecular flexibility index (Phi) is 5.02. The lowest BCUT2D eigenvalue weighted by atomic mass is 9.92. The molecule has 6 nitrogen and oxygen atoms in total. The number of hydrogen-bond donors (Lipinski definition) is 1. The molecule has 2 saturated heterocycles. The Hall–Kier alpha value is -2.11. The minimum absolute atomic E-state index is 0.0631. The quantitative estimate of drug-likeness (QED) is 0.919. The molecule has 0 aliphatic carbocycles. The van der Waals surface area contributed by atoms with Crippen LogP contribution in [0.4, 0.5) is 5.82 Å². The van der Waals surface area contributed by atoms with Gasteiger partial charge in [-0.3, -0.25) is 4.79 Å². The number of aromatic nitrogens is 1. The first-order chi connectivity index (χ1) is 11.5. The highest BCUT2D eigenvalue weighted by Gasteiger charge is 2.30. The van der Waals surface area contributed by atoms with Gasteiger partial charge in [-0.1, -0.05) is 13.0 Å². The van der Waals surface area contributed by atoms with Crippen LogP contribution in [0.25, 0.3) is 0 Å². The minimum Gasteiger partial charge on any atom is -0.477 e. The van der Waals surface area contributed by atoms with Crippen molar-refractivity contribution in [3.8, 4) is 0 Å². The van der Waals surface area contributed by atoms with E-state index in [1.807, 2.05) is 11.0 Å². The van der Waals surface area contributed by atoms with Crippen molar-refractivity contribution < 1.29 is 14.7 Å². The maximum absolute atomic E-state index is 12.7. The number of carbonyl (C=O) groups is 2. The molecule has 1 amide bonds. The van der Waals surface area contributed by atoms with Crippen LogP contribution in [-0.4, -0.2) is 53.0 Å². The number of carbonyl (C=O) groups excluding carboxylic acids is 1. The third-order valence-corrected chi connectivity index (χ3v) is 5.22. The molecule has 0 saturated carbocycles. The monoisotopic (exact) mass is 331 g/mol. The summed E-state index contributed by atoms with van der Waals surface area (Å²) in [5.74, 6) is 0.795. The van der Waals surface area contributed by atoms with Crippen molar-refractivity contribution in [2.75, 3.05) is 31.1 Å². The number of hydrogen-bond acceptors (Lipinski definition) is 4. The Balaban J connectivity index is 1.56. The molecular formula is C18H25N3O3. The highest BCUT2D eigenvalue weighted by atomic mass is 16.4. The molecule has 1 N–H and O–H groups in total. The van der Waals surface area contributed by atoms with E-state index in [1.54, 1.807) is 6.07 Å². The predicted octanol–water partition coefficient (Wildman–Crippen LogP) is 2.25. The van der Waals surface area contributed by atoms with Crippen LogP contribution in [0, 0.1) is 11.8 Å². The number of anilines is 1. The van der Waals surface area contributed by atoms with Crippen LogP contribution in [0.5, 0.6) is 0 Å². The predicted molar refractivity (Wildman–Crippen MR) is 91.1 cm³/mol. The van der Waals surface area contributed by atoms with Gasteiger partial charge in [0.1, 0.15) is 5.82 Å². The summed E-state index contributed by atoms with van der Waals surface area (Å²) in [6, 6.07) is 5.05. The summed E-state index contributed by atoms with van der Waals surface area (Å²) in [6.07, 6.45) is 3.83. The molecule has 0 bridgehead atoms. The minimum atomic E-state index is -1.01. The summed E-state index contributed by atoms with van der Waals surface area (Å²) in [5.41, 5.74) is 0.0631. The van der Waals surface area contributed by atoms with E-state index < -0.39 is 5.97 Å². The molecule has 3 heterocycles. The maximum atomic E-state index is 12.7. The normalized spacial score (nSPS) is 20.2. The fourth-order valence-corrected chi connectivity index (χ4v) is 3.56. The van der Waals surface area contributed by atoms with Gasteiger partial charge in [0, 0.05) is 32.1 Å². The van der Waals surface area contributed by atoms with E-state index in [4.69, 9.17) is 5.11 Å². The molecule has 130 valence electrons. The molecule has 0 aromatic carbocycles. The van der Waals surface area contributed by atoms with E-state index in [0.717, 1.165) is 57.8 Å². The van der Waals surface area contributed by atoms with Crippen molar-refractivity contribution in [2.24, 2.45) is 11.8 Å². The van der Waals surface area contributed by atoms with Gasteiger partial charge < -0.3 is 14.9 Å². The molecule has 0 radical (unpaired) electrons. The first-order valence-corrected chi connectivity index (χ1v) is 8.78. The lowest BCUT2D eigenvalue weighted by molar-refractivity contribution is -0.137. The molecule has 1 aromatic rings. The van der Waals surface area contributed by atoms with E-state index in [2.05, 4.69) is 16.8 Å². The second-order valence-corrected chi connectivity index (χ2v) is 6.96. The molecule has 2 aliphatic heterocycles. The third-order valence-electron chi connectivity index (χ3n) is 5.22. The van der Waals surface area contributed by atoms with Crippen molar-refractivity contribution in [3.63, 3.8) is 0 Å². The number of aromatic carboxylic acids is 1. The Morgan fingerprint density at radius 1 is 1.08 bits per heavy atom. The molecule has 1 aromatic heterocycles. The van der Waals surface area contributed by atoms with E-state index >= 15 is 0 Å². The SMILES string of the molecule is CC1CCN(C(=O)C2CCN(c3cccc(C(=O)O)n3)CC2)CC1. The van der Waals surface area contributed by atoms with Crippen LogP contribution in [0.1, 0.15) is 43.1 Å². The van der Waals surface area contributed by atoms with Crippen molar-refractivity contribution in [1.29, 1.82) is 0 Å². The molecule has 0 spiro atoms. The Morgan fingerprint density at radius 3 is 2.38 bits per heavy atom. The standard InChI is InChI=1S/C18H25N3O3/c1-13-5-9-21(10-6-13)17(22)14-7-11-20(12-8-14)16-4-2-3-15(19-16)18(23)24/h2-4,13-14H,5-12H2,1H3,(H,23,24). The van der Waals surface area contributed by atoms with Gasteiger partial charge in [-0.15, -0.1) is 0 Å². The van der Waals surface area contributed by atoms with Crippen LogP contribution < -0.4 is 4.90 Å². The summed E-state index contributed by atoms with van der Waals surface area (Å²) in [5, 5.41) is 9.05. The summed E-state index contributed by atoms with van der Waals surface area (Å²) < 4.78 is 0. The number of piperidine rings is 2. The average Bonchev–Trinajstić information content (AvgIpc) is 2.62. The lowest BCUT2D eigenvalue weighted by Gasteiger charge is -2.37. The van der Waals surface area contributed by atoms with Gasteiger partial charge in [0.2, 0.25) is 5.91 Å². The number of nitrogens with zero attached hydrogens (tertiary/aromatic N) is 3. The molecular weight excluding hydrogens is 306 g/mol. The van der Waals surface area contributed by atoms with Crippen molar-refractivity contribution in [2.45, 2.75) is 32.6 Å². The molecule has 0 unspecified atom stereocenters. The van der Waals surface area contributed by atoms with Crippen LogP contribution >= 0.6 is 0 Å². The van der Waals surface area contributed by atoms with Crippen molar-refractivity contribution in [1.82, 2.24) is 9.88 Å². The summed E-state index contributed by atoms with van der Waals surface area (Å²) >= 11 is 0. The molecule has 0 atom stereocenters. The highest BCUT2D eigenvalue weighted by molar-refractivity contribution is 5.85. The van der Waals surface area contributed by atoms with Gasteiger partial charge >= 0.3 is 5.97 Å². The molecule has 6 heteroatoms. The second-order valence-electron chi connectivity index (χ2n) is 6.96. The van der Waals surface area contributed by atoms with Crippen LogP contribution in [0.15, 0.2) is 18.2 Å². The zero-order chi connectivity index (χ0) is 17.1. The largest absolute Gasteiger partial charge is 0.477 e. The Bertz CT molecular complexity index is 603. The summed E-state index contributed by atoms with van der Waals surface area (Å²) in [4.78, 5) is 32.0. The van der Waals surface area contributed by atoms with Crippen LogP contribution in [0.2, 0.25) is 0 Å². The average molecular weight is 331 g/mol. The maximum Gasteiger partial charge on any atom is 0.354 e. The van der Waals surface area contributed by atoms with E-state index in [0.29, 0.717) is 11.7 Å². The molecule has 2 fully saturated rings. The highest BCUT2D eigenvalue weighted by Crippen LogP contribution is 2.25. The van der Waals surface area contributed by atoms with Crippen LogP contribution in [-0.2, 0) is 4.79 Å². The van der Waals surface area contributed by atoms with Crippen LogP contribution in [0.3, 0.4) is 0 Å². The van der Waals surface area contributed by atoms with E-state index in [1.165, 1.54) is 6.07 Å². The summed E-state index contributed by atoms with van der Waals surface area (Å²) in [6.45, 7) is 5.52.